The first-order valence-corrected chi connectivity index (χ1v) is 6.10. The van der Waals surface area contributed by atoms with Gasteiger partial charge in [-0.25, -0.2) is 9.59 Å². The van der Waals surface area contributed by atoms with Crippen molar-refractivity contribution in [2.24, 2.45) is 7.05 Å². The van der Waals surface area contributed by atoms with Crippen LogP contribution in [-0.4, -0.2) is 37.8 Å². The van der Waals surface area contributed by atoms with E-state index in [1.807, 2.05) is 0 Å². The van der Waals surface area contributed by atoms with E-state index in [9.17, 15) is 14.4 Å². The molecule has 0 radical (unpaired) electrons. The van der Waals surface area contributed by atoms with E-state index in [1.165, 1.54) is 20.2 Å². The molecule has 3 N–H and O–H groups in total. The van der Waals surface area contributed by atoms with Gasteiger partial charge in [0.2, 0.25) is 0 Å². The van der Waals surface area contributed by atoms with Gasteiger partial charge in [-0.15, -0.1) is 10.2 Å². The Morgan fingerprint density at radius 1 is 1.29 bits per heavy atom. The standard InChI is InChI=1S/C12H17N5O4/c1-6(7(2)11(19)20)10(18)15-12(21)14-8(3)9-16-13-5-17(9)4/h5,8H,1-4H3,(H,19,20)(H2,14,15,18,21). The average molecular weight is 295 g/mol. The number of amides is 3. The molecule has 0 aliphatic rings. The van der Waals surface area contributed by atoms with Gasteiger partial charge < -0.3 is 15.0 Å². The molecular formula is C12H17N5O4. The zero-order chi connectivity index (χ0) is 16.2. The zero-order valence-corrected chi connectivity index (χ0v) is 12.2. The molecule has 114 valence electrons. The Kier molecular flexibility index (Phi) is 5.17. The monoisotopic (exact) mass is 295 g/mol. The number of carbonyl (C=O) groups excluding carboxylic acids is 2. The first-order chi connectivity index (χ1) is 9.73. The van der Waals surface area contributed by atoms with Crippen molar-refractivity contribution in [1.29, 1.82) is 0 Å². The number of aromatic nitrogens is 3. The Morgan fingerprint density at radius 2 is 1.90 bits per heavy atom. The van der Waals surface area contributed by atoms with Crippen molar-refractivity contribution in [3.63, 3.8) is 0 Å². The summed E-state index contributed by atoms with van der Waals surface area (Å²) in [7, 11) is 1.72. The lowest BCUT2D eigenvalue weighted by Crippen LogP contribution is -2.41. The van der Waals surface area contributed by atoms with Crippen LogP contribution in [0.3, 0.4) is 0 Å². The molecule has 0 saturated heterocycles. The minimum absolute atomic E-state index is 0.0380. The van der Waals surface area contributed by atoms with Gasteiger partial charge >= 0.3 is 12.0 Å². The number of carboxylic acid groups (broad SMARTS) is 1. The van der Waals surface area contributed by atoms with Crippen LogP contribution in [0, 0.1) is 0 Å². The second-order valence-corrected chi connectivity index (χ2v) is 4.50. The van der Waals surface area contributed by atoms with Gasteiger partial charge in [-0.05, 0) is 20.8 Å². The molecule has 1 unspecified atom stereocenters. The van der Waals surface area contributed by atoms with Crippen molar-refractivity contribution >= 4 is 17.9 Å². The number of carbonyl (C=O) groups is 3. The molecule has 9 nitrogen and oxygen atoms in total. The summed E-state index contributed by atoms with van der Waals surface area (Å²) >= 11 is 0. The number of rotatable bonds is 4. The topological polar surface area (TPSA) is 126 Å². The lowest BCUT2D eigenvalue weighted by atomic mass is 10.1. The van der Waals surface area contributed by atoms with Gasteiger partial charge in [-0.2, -0.15) is 0 Å². The van der Waals surface area contributed by atoms with Crippen LogP contribution in [-0.2, 0) is 16.6 Å². The second kappa shape index (κ2) is 6.64. The van der Waals surface area contributed by atoms with Gasteiger partial charge in [0, 0.05) is 18.2 Å². The maximum absolute atomic E-state index is 11.7. The van der Waals surface area contributed by atoms with E-state index in [0.29, 0.717) is 5.82 Å². The van der Waals surface area contributed by atoms with E-state index in [-0.39, 0.29) is 11.1 Å². The molecule has 3 amide bonds. The van der Waals surface area contributed by atoms with Crippen LogP contribution in [0.2, 0.25) is 0 Å². The van der Waals surface area contributed by atoms with Crippen LogP contribution in [0.4, 0.5) is 4.79 Å². The molecule has 0 aliphatic carbocycles. The fraction of sp³-hybridized carbons (Fsp3) is 0.417. The van der Waals surface area contributed by atoms with Gasteiger partial charge in [-0.1, -0.05) is 0 Å². The number of aliphatic carboxylic acids is 1. The fourth-order valence-corrected chi connectivity index (χ4v) is 1.51. The van der Waals surface area contributed by atoms with Gasteiger partial charge in [0.25, 0.3) is 5.91 Å². The third-order valence-corrected chi connectivity index (χ3v) is 2.93. The largest absolute Gasteiger partial charge is 0.478 e. The SMILES string of the molecule is CC(C(=O)O)=C(C)C(=O)NC(=O)NC(C)c1nncn1C. The maximum atomic E-state index is 11.7. The van der Waals surface area contributed by atoms with Crippen molar-refractivity contribution in [2.45, 2.75) is 26.8 Å². The van der Waals surface area contributed by atoms with Crippen molar-refractivity contribution < 1.29 is 19.5 Å². The first kappa shape index (κ1) is 16.3. The average Bonchev–Trinajstić information content (AvgIpc) is 2.82. The predicted molar refractivity (Wildman–Crippen MR) is 72.1 cm³/mol. The molecular weight excluding hydrogens is 278 g/mol. The molecule has 1 heterocycles. The minimum Gasteiger partial charge on any atom is -0.478 e. The molecule has 0 aliphatic heterocycles. The van der Waals surface area contributed by atoms with E-state index in [1.54, 1.807) is 18.5 Å². The summed E-state index contributed by atoms with van der Waals surface area (Å²) < 4.78 is 1.63. The summed E-state index contributed by atoms with van der Waals surface area (Å²) in [5.41, 5.74) is -0.161. The van der Waals surface area contributed by atoms with E-state index < -0.39 is 23.9 Å². The summed E-state index contributed by atoms with van der Waals surface area (Å²) in [6.07, 6.45) is 1.49. The molecule has 1 aromatic rings. The third kappa shape index (κ3) is 4.13. The number of nitrogens with zero attached hydrogens (tertiary/aromatic N) is 3. The van der Waals surface area contributed by atoms with Crippen LogP contribution in [0.1, 0.15) is 32.6 Å². The first-order valence-electron chi connectivity index (χ1n) is 6.10. The van der Waals surface area contributed by atoms with Crippen molar-refractivity contribution in [1.82, 2.24) is 25.4 Å². The van der Waals surface area contributed by atoms with Crippen LogP contribution in [0.15, 0.2) is 17.5 Å². The lowest BCUT2D eigenvalue weighted by Gasteiger charge is -2.13. The molecule has 0 saturated carbocycles. The number of urea groups is 1. The van der Waals surface area contributed by atoms with Crippen LogP contribution in [0.25, 0.3) is 0 Å². The zero-order valence-electron chi connectivity index (χ0n) is 12.2. The highest BCUT2D eigenvalue weighted by Crippen LogP contribution is 2.07. The Balaban J connectivity index is 2.66. The molecule has 0 fully saturated rings. The van der Waals surface area contributed by atoms with Crippen LogP contribution >= 0.6 is 0 Å². The second-order valence-electron chi connectivity index (χ2n) is 4.50. The summed E-state index contributed by atoms with van der Waals surface area (Å²) in [5.74, 6) is -1.46. The molecule has 0 bridgehead atoms. The quantitative estimate of drug-likeness (QED) is 0.677. The highest BCUT2D eigenvalue weighted by atomic mass is 16.4. The highest BCUT2D eigenvalue weighted by Gasteiger charge is 2.18. The molecule has 21 heavy (non-hydrogen) atoms. The normalized spacial score (nSPS) is 13.1. The van der Waals surface area contributed by atoms with Gasteiger partial charge in [0.05, 0.1) is 6.04 Å². The van der Waals surface area contributed by atoms with E-state index in [2.05, 4.69) is 20.8 Å². The number of aryl methyl sites for hydroxylation is 1. The number of imide groups is 1. The predicted octanol–water partition coefficient (Wildman–Crippen LogP) is 0.123. The van der Waals surface area contributed by atoms with E-state index >= 15 is 0 Å². The lowest BCUT2D eigenvalue weighted by molar-refractivity contribution is -0.133. The molecule has 1 aromatic heterocycles. The van der Waals surface area contributed by atoms with Crippen molar-refractivity contribution in [3.05, 3.63) is 23.3 Å². The van der Waals surface area contributed by atoms with Crippen LogP contribution in [0.5, 0.6) is 0 Å². The van der Waals surface area contributed by atoms with Crippen molar-refractivity contribution in [3.8, 4) is 0 Å². The molecule has 9 heteroatoms. The molecule has 1 atom stereocenters. The number of hydrogen-bond donors (Lipinski definition) is 3. The van der Waals surface area contributed by atoms with E-state index in [4.69, 9.17) is 5.11 Å². The molecule has 1 rings (SSSR count). The molecule has 0 spiro atoms. The Labute approximate surface area is 121 Å². The van der Waals surface area contributed by atoms with Crippen LogP contribution < -0.4 is 10.6 Å². The Bertz CT molecular complexity index is 605. The van der Waals surface area contributed by atoms with Gasteiger partial charge in [-0.3, -0.25) is 10.1 Å². The van der Waals surface area contributed by atoms with Crippen molar-refractivity contribution in [2.75, 3.05) is 0 Å². The van der Waals surface area contributed by atoms with Gasteiger partial charge in [0.15, 0.2) is 5.82 Å². The summed E-state index contributed by atoms with van der Waals surface area (Å²) in [4.78, 5) is 34.1. The van der Waals surface area contributed by atoms with Gasteiger partial charge in [0.1, 0.15) is 6.33 Å². The summed E-state index contributed by atoms with van der Waals surface area (Å²) in [6.45, 7) is 4.30. The summed E-state index contributed by atoms with van der Waals surface area (Å²) in [6, 6.07) is -1.21. The number of carboxylic acids is 1. The third-order valence-electron chi connectivity index (χ3n) is 2.93. The fourth-order valence-electron chi connectivity index (χ4n) is 1.51. The maximum Gasteiger partial charge on any atom is 0.331 e. The minimum atomic E-state index is -1.21. The Hall–Kier alpha value is -2.71. The number of nitrogens with one attached hydrogen (secondary N) is 2. The summed E-state index contributed by atoms with van der Waals surface area (Å²) in [5, 5.41) is 20.9. The Morgan fingerprint density at radius 3 is 2.38 bits per heavy atom. The highest BCUT2D eigenvalue weighted by molar-refractivity contribution is 6.07. The van der Waals surface area contributed by atoms with E-state index in [0.717, 1.165) is 0 Å². The smallest absolute Gasteiger partial charge is 0.331 e. The number of hydrogen-bond acceptors (Lipinski definition) is 5. The molecule has 0 aromatic carbocycles.